The van der Waals surface area contributed by atoms with Gasteiger partial charge in [0, 0.05) is 10.7 Å². The van der Waals surface area contributed by atoms with Gasteiger partial charge < -0.3 is 16.4 Å². The molecular weight excluding hydrogens is 415 g/mol. The molecule has 3 aromatic rings. The van der Waals surface area contributed by atoms with Crippen LogP contribution in [0, 0.1) is 0 Å². The number of halogens is 3. The van der Waals surface area contributed by atoms with E-state index in [2.05, 4.69) is 41.5 Å². The van der Waals surface area contributed by atoms with Crippen LogP contribution in [0.15, 0.2) is 47.3 Å². The zero-order valence-electron chi connectivity index (χ0n) is 12.1. The van der Waals surface area contributed by atoms with Gasteiger partial charge in [-0.3, -0.25) is 0 Å². The summed E-state index contributed by atoms with van der Waals surface area (Å²) in [5, 5.41) is 6.93. The molecule has 0 saturated heterocycles. The molecule has 0 fully saturated rings. The number of pyridine rings is 1. The lowest BCUT2D eigenvalue weighted by Crippen LogP contribution is -2.06. The first-order valence-corrected chi connectivity index (χ1v) is 8.29. The van der Waals surface area contributed by atoms with Gasteiger partial charge in [-0.1, -0.05) is 29.3 Å². The van der Waals surface area contributed by atoms with Crippen LogP contribution in [0.1, 0.15) is 0 Å². The number of anilines is 5. The largest absolute Gasteiger partial charge is 0.393 e. The minimum absolute atomic E-state index is 0.332. The molecule has 24 heavy (non-hydrogen) atoms. The highest BCUT2D eigenvalue weighted by atomic mass is 79.9. The van der Waals surface area contributed by atoms with Gasteiger partial charge in [-0.25, -0.2) is 15.0 Å². The second kappa shape index (κ2) is 7.21. The van der Waals surface area contributed by atoms with E-state index in [1.165, 1.54) is 6.33 Å². The van der Waals surface area contributed by atoms with E-state index >= 15 is 0 Å². The van der Waals surface area contributed by atoms with Crippen molar-refractivity contribution in [2.75, 3.05) is 16.4 Å². The number of nitrogens with one attached hydrogen (secondary N) is 2. The van der Waals surface area contributed by atoms with Crippen LogP contribution in [-0.4, -0.2) is 15.0 Å². The molecule has 3 rings (SSSR count). The van der Waals surface area contributed by atoms with Gasteiger partial charge in [0.25, 0.3) is 0 Å². The van der Waals surface area contributed by atoms with E-state index in [-0.39, 0.29) is 0 Å². The molecule has 0 radical (unpaired) electrons. The Kier molecular flexibility index (Phi) is 5.03. The van der Waals surface area contributed by atoms with Crippen molar-refractivity contribution >= 4 is 68.0 Å². The van der Waals surface area contributed by atoms with Gasteiger partial charge in [-0.05, 0) is 40.2 Å². The highest BCUT2D eigenvalue weighted by Crippen LogP contribution is 2.34. The maximum atomic E-state index is 6.17. The topological polar surface area (TPSA) is 88.8 Å². The van der Waals surface area contributed by atoms with Crippen molar-refractivity contribution in [2.45, 2.75) is 0 Å². The van der Waals surface area contributed by atoms with Crippen molar-refractivity contribution in [1.82, 2.24) is 15.0 Å². The molecule has 4 N–H and O–H groups in total. The number of nitrogen functional groups attached to an aromatic ring is 1. The smallest absolute Gasteiger partial charge is 0.160 e. The van der Waals surface area contributed by atoms with E-state index in [9.17, 15) is 0 Å². The molecule has 0 atom stereocenters. The molecule has 0 saturated carbocycles. The Balaban J connectivity index is 1.88. The predicted molar refractivity (Wildman–Crippen MR) is 101 cm³/mol. The first-order valence-electron chi connectivity index (χ1n) is 6.74. The van der Waals surface area contributed by atoms with Crippen molar-refractivity contribution in [3.8, 4) is 0 Å². The number of hydrogen-bond donors (Lipinski definition) is 3. The summed E-state index contributed by atoms with van der Waals surface area (Å²) in [7, 11) is 0. The highest BCUT2D eigenvalue weighted by molar-refractivity contribution is 9.10. The van der Waals surface area contributed by atoms with E-state index in [4.69, 9.17) is 28.9 Å². The van der Waals surface area contributed by atoms with Crippen molar-refractivity contribution < 1.29 is 0 Å². The molecule has 122 valence electrons. The summed E-state index contributed by atoms with van der Waals surface area (Å²) in [6.45, 7) is 0. The normalized spacial score (nSPS) is 10.5. The van der Waals surface area contributed by atoms with Crippen LogP contribution in [0.25, 0.3) is 0 Å². The molecule has 0 aliphatic rings. The Morgan fingerprint density at radius 1 is 0.958 bits per heavy atom. The second-order valence-electron chi connectivity index (χ2n) is 4.70. The standard InChI is InChI=1S/C15H11BrCl2N6/c16-8-4-5-11(20-6-8)24-15-13(19)14(21-7-22-15)23-10-3-1-2-9(17)12(10)18/h1-7H,19H2,(H2,20,21,22,23,24). The summed E-state index contributed by atoms with van der Waals surface area (Å²) in [5.41, 5.74) is 7.06. The van der Waals surface area contributed by atoms with Gasteiger partial charge in [0.15, 0.2) is 11.6 Å². The van der Waals surface area contributed by atoms with Crippen LogP contribution in [0.2, 0.25) is 10.0 Å². The molecule has 6 nitrogen and oxygen atoms in total. The summed E-state index contributed by atoms with van der Waals surface area (Å²) in [6.07, 6.45) is 3.06. The summed E-state index contributed by atoms with van der Waals surface area (Å²) in [6, 6.07) is 8.91. The van der Waals surface area contributed by atoms with Gasteiger partial charge in [0.1, 0.15) is 17.8 Å². The lowest BCUT2D eigenvalue weighted by atomic mass is 10.3. The molecule has 0 unspecified atom stereocenters. The fourth-order valence-electron chi connectivity index (χ4n) is 1.89. The van der Waals surface area contributed by atoms with Crippen molar-refractivity contribution in [3.05, 3.63) is 57.4 Å². The van der Waals surface area contributed by atoms with Crippen LogP contribution in [0.5, 0.6) is 0 Å². The molecule has 2 aromatic heterocycles. The third-order valence-corrected chi connectivity index (χ3v) is 4.35. The first-order chi connectivity index (χ1) is 11.5. The molecule has 0 bridgehead atoms. The summed E-state index contributed by atoms with van der Waals surface area (Å²) >= 11 is 15.5. The maximum absolute atomic E-state index is 6.17. The zero-order valence-corrected chi connectivity index (χ0v) is 15.2. The second-order valence-corrected chi connectivity index (χ2v) is 6.40. The van der Waals surface area contributed by atoms with Gasteiger partial charge in [-0.15, -0.1) is 0 Å². The van der Waals surface area contributed by atoms with Crippen molar-refractivity contribution in [2.24, 2.45) is 0 Å². The van der Waals surface area contributed by atoms with Crippen molar-refractivity contribution in [1.29, 1.82) is 0 Å². The Hall–Kier alpha value is -2.09. The lowest BCUT2D eigenvalue weighted by Gasteiger charge is -2.13. The monoisotopic (exact) mass is 424 g/mol. The molecule has 2 heterocycles. The minimum Gasteiger partial charge on any atom is -0.393 e. The summed E-state index contributed by atoms with van der Waals surface area (Å²) in [4.78, 5) is 12.5. The fourth-order valence-corrected chi connectivity index (χ4v) is 2.48. The molecule has 0 amide bonds. The first kappa shape index (κ1) is 16.8. The minimum atomic E-state index is 0.332. The van der Waals surface area contributed by atoms with Crippen LogP contribution < -0.4 is 16.4 Å². The lowest BCUT2D eigenvalue weighted by molar-refractivity contribution is 1.16. The van der Waals surface area contributed by atoms with Crippen molar-refractivity contribution in [3.63, 3.8) is 0 Å². The molecule has 0 aliphatic carbocycles. The Labute approximate surface area is 156 Å². The molecule has 1 aromatic carbocycles. The third-order valence-electron chi connectivity index (χ3n) is 3.06. The van der Waals surface area contributed by atoms with Crippen LogP contribution >= 0.6 is 39.1 Å². The quantitative estimate of drug-likeness (QED) is 0.544. The number of benzene rings is 1. The van der Waals surface area contributed by atoms with Crippen LogP contribution in [-0.2, 0) is 0 Å². The van der Waals surface area contributed by atoms with Gasteiger partial charge in [0.05, 0.1) is 15.7 Å². The van der Waals surface area contributed by atoms with Crippen LogP contribution in [0.4, 0.5) is 28.8 Å². The number of nitrogens with two attached hydrogens (primary N) is 1. The molecule has 0 aliphatic heterocycles. The summed E-state index contributed by atoms with van der Waals surface area (Å²) in [5.74, 6) is 1.45. The highest BCUT2D eigenvalue weighted by Gasteiger charge is 2.11. The number of aromatic nitrogens is 3. The van der Waals surface area contributed by atoms with E-state index in [1.54, 1.807) is 30.5 Å². The zero-order chi connectivity index (χ0) is 17.1. The third kappa shape index (κ3) is 3.69. The van der Waals surface area contributed by atoms with Gasteiger partial charge in [0.2, 0.25) is 0 Å². The number of nitrogens with zero attached hydrogens (tertiary/aromatic N) is 3. The Morgan fingerprint density at radius 3 is 2.42 bits per heavy atom. The number of hydrogen-bond acceptors (Lipinski definition) is 6. The predicted octanol–water partition coefficient (Wildman–Crippen LogP) is 5.01. The van der Waals surface area contributed by atoms with E-state index < -0.39 is 0 Å². The summed E-state index contributed by atoms with van der Waals surface area (Å²) < 4.78 is 0.877. The van der Waals surface area contributed by atoms with Gasteiger partial charge in [-0.2, -0.15) is 0 Å². The molecule has 9 heteroatoms. The Bertz CT molecular complexity index is 872. The average molecular weight is 426 g/mol. The van der Waals surface area contributed by atoms with Crippen LogP contribution in [0.3, 0.4) is 0 Å². The maximum Gasteiger partial charge on any atom is 0.160 e. The number of rotatable bonds is 4. The fraction of sp³-hybridized carbons (Fsp3) is 0. The molecular formula is C15H11BrCl2N6. The van der Waals surface area contributed by atoms with E-state index in [1.807, 2.05) is 6.07 Å². The Morgan fingerprint density at radius 2 is 1.71 bits per heavy atom. The molecule has 0 spiro atoms. The average Bonchev–Trinajstić information content (AvgIpc) is 2.57. The SMILES string of the molecule is Nc1c(Nc2ccc(Br)cn2)ncnc1Nc1cccc(Cl)c1Cl. The van der Waals surface area contributed by atoms with E-state index in [0.29, 0.717) is 38.9 Å². The van der Waals surface area contributed by atoms with Gasteiger partial charge >= 0.3 is 0 Å². The van der Waals surface area contributed by atoms with E-state index in [0.717, 1.165) is 4.47 Å².